The van der Waals surface area contributed by atoms with Gasteiger partial charge in [-0.15, -0.1) is 0 Å². The Morgan fingerprint density at radius 1 is 1.38 bits per heavy atom. The van der Waals surface area contributed by atoms with Gasteiger partial charge in [0.1, 0.15) is 7.14 Å². The molecule has 0 bridgehead atoms. The van der Waals surface area contributed by atoms with Crippen LogP contribution in [0.1, 0.15) is 20.8 Å². The first kappa shape index (κ1) is 12.5. The summed E-state index contributed by atoms with van der Waals surface area (Å²) in [6.07, 6.45) is 0.751. The summed E-state index contributed by atoms with van der Waals surface area (Å²) >= 11 is 12.0. The van der Waals surface area contributed by atoms with Gasteiger partial charge in [-0.2, -0.15) is 0 Å². The fourth-order valence-electron chi connectivity index (χ4n) is 2.27. The molecule has 0 aromatic heterocycles. The molecule has 1 aliphatic rings. The molecule has 2 atom stereocenters. The van der Waals surface area contributed by atoms with E-state index < -0.39 is 7.14 Å². The van der Waals surface area contributed by atoms with E-state index in [1.165, 1.54) is 0 Å². The average Bonchev–Trinajstić information content (AvgIpc) is 2.17. The van der Waals surface area contributed by atoms with Gasteiger partial charge >= 0.3 is 0 Å². The van der Waals surface area contributed by atoms with Crippen LogP contribution in [0.3, 0.4) is 0 Å². The minimum absolute atomic E-state index is 0.148. The Labute approximate surface area is 107 Å². The fourth-order valence-corrected chi connectivity index (χ4v) is 6.81. The first-order valence-corrected chi connectivity index (χ1v) is 7.98. The SMILES string of the molecule is C[C@@H]1C[P@](=O)(c2ccc(Cl)cc2Cl)C1(C)C. The van der Waals surface area contributed by atoms with Crippen molar-refractivity contribution < 1.29 is 4.57 Å². The zero-order valence-corrected chi connectivity index (χ0v) is 12.0. The van der Waals surface area contributed by atoms with E-state index in [0.29, 0.717) is 16.0 Å². The van der Waals surface area contributed by atoms with Gasteiger partial charge in [0.25, 0.3) is 0 Å². The minimum Gasteiger partial charge on any atom is -0.318 e. The molecule has 0 aliphatic carbocycles. The Morgan fingerprint density at radius 2 is 2.00 bits per heavy atom. The molecule has 0 saturated carbocycles. The molecule has 1 aromatic rings. The summed E-state index contributed by atoms with van der Waals surface area (Å²) in [6, 6.07) is 5.26. The van der Waals surface area contributed by atoms with Gasteiger partial charge in [0.2, 0.25) is 0 Å². The summed E-state index contributed by atoms with van der Waals surface area (Å²) in [5.41, 5.74) is 0. The second-order valence-electron chi connectivity index (χ2n) is 5.07. The van der Waals surface area contributed by atoms with Crippen LogP contribution in [0.2, 0.25) is 10.0 Å². The first-order valence-electron chi connectivity index (χ1n) is 5.34. The molecule has 4 heteroatoms. The smallest absolute Gasteiger partial charge is 0.122 e. The lowest BCUT2D eigenvalue weighted by Crippen LogP contribution is -2.47. The third-order valence-corrected chi connectivity index (χ3v) is 9.18. The number of rotatable bonds is 1. The van der Waals surface area contributed by atoms with E-state index in [1.807, 2.05) is 6.07 Å². The van der Waals surface area contributed by atoms with Crippen LogP contribution in [0.4, 0.5) is 0 Å². The predicted octanol–water partition coefficient (Wildman–Crippen LogP) is 4.41. The number of hydrogen-bond donors (Lipinski definition) is 0. The second kappa shape index (κ2) is 3.77. The van der Waals surface area contributed by atoms with Gasteiger partial charge in [0.15, 0.2) is 0 Å². The summed E-state index contributed by atoms with van der Waals surface area (Å²) in [4.78, 5) is 0. The van der Waals surface area contributed by atoms with Crippen LogP contribution >= 0.6 is 30.3 Å². The molecule has 1 aromatic carbocycles. The third-order valence-electron chi connectivity index (χ3n) is 3.97. The lowest BCUT2D eigenvalue weighted by atomic mass is 9.97. The molecule has 1 nitrogen and oxygen atoms in total. The molecule has 0 amide bonds. The second-order valence-corrected chi connectivity index (χ2v) is 9.40. The van der Waals surface area contributed by atoms with E-state index in [9.17, 15) is 4.57 Å². The summed E-state index contributed by atoms with van der Waals surface area (Å²) in [7, 11) is -2.35. The molecule has 1 fully saturated rings. The molecule has 1 saturated heterocycles. The van der Waals surface area contributed by atoms with Crippen LogP contribution < -0.4 is 5.30 Å². The Morgan fingerprint density at radius 3 is 2.44 bits per heavy atom. The fraction of sp³-hybridized carbons (Fsp3) is 0.500. The van der Waals surface area contributed by atoms with Crippen LogP contribution in [0.25, 0.3) is 0 Å². The van der Waals surface area contributed by atoms with Crippen LogP contribution in [0.15, 0.2) is 18.2 Å². The molecule has 88 valence electrons. The van der Waals surface area contributed by atoms with Crippen molar-refractivity contribution in [3.05, 3.63) is 28.2 Å². The van der Waals surface area contributed by atoms with E-state index in [-0.39, 0.29) is 5.16 Å². The maximum atomic E-state index is 12.9. The van der Waals surface area contributed by atoms with Crippen molar-refractivity contribution in [1.29, 1.82) is 0 Å². The van der Waals surface area contributed by atoms with Gasteiger partial charge in [0.05, 0.1) is 5.02 Å². The van der Waals surface area contributed by atoms with Crippen LogP contribution in [-0.4, -0.2) is 11.3 Å². The largest absolute Gasteiger partial charge is 0.318 e. The lowest BCUT2D eigenvalue weighted by molar-refractivity contribution is 0.403. The zero-order valence-electron chi connectivity index (χ0n) is 9.63. The Bertz CT molecular complexity index is 482. The Balaban J connectivity index is 2.51. The van der Waals surface area contributed by atoms with Gasteiger partial charge in [-0.05, 0) is 24.1 Å². The normalized spacial score (nSPS) is 32.2. The Hall–Kier alpha value is 0.0300. The van der Waals surface area contributed by atoms with Crippen molar-refractivity contribution in [2.24, 2.45) is 5.92 Å². The van der Waals surface area contributed by atoms with Crippen LogP contribution in [0.5, 0.6) is 0 Å². The lowest BCUT2D eigenvalue weighted by Gasteiger charge is -2.50. The first-order chi connectivity index (χ1) is 7.29. The van der Waals surface area contributed by atoms with Gasteiger partial charge in [0, 0.05) is 21.6 Å². The maximum Gasteiger partial charge on any atom is 0.122 e. The van der Waals surface area contributed by atoms with E-state index in [2.05, 4.69) is 20.8 Å². The summed E-state index contributed by atoms with van der Waals surface area (Å²) in [5.74, 6) is 0.477. The minimum atomic E-state index is -2.35. The number of halogens is 2. The van der Waals surface area contributed by atoms with Gasteiger partial charge in [-0.3, -0.25) is 0 Å². The highest BCUT2D eigenvalue weighted by Gasteiger charge is 2.56. The molecular weight excluding hydrogens is 262 g/mol. The van der Waals surface area contributed by atoms with E-state index in [0.717, 1.165) is 11.5 Å². The quantitative estimate of drug-likeness (QED) is 0.695. The third kappa shape index (κ3) is 1.56. The molecule has 1 aliphatic heterocycles. The van der Waals surface area contributed by atoms with Gasteiger partial charge < -0.3 is 4.57 Å². The molecule has 0 spiro atoms. The Kier molecular flexibility index (Phi) is 2.94. The van der Waals surface area contributed by atoms with Crippen LogP contribution in [-0.2, 0) is 4.57 Å². The van der Waals surface area contributed by atoms with Gasteiger partial charge in [-0.1, -0.05) is 44.0 Å². The van der Waals surface area contributed by atoms with E-state index in [1.54, 1.807) is 12.1 Å². The highest BCUT2D eigenvalue weighted by molar-refractivity contribution is 7.74. The highest BCUT2D eigenvalue weighted by atomic mass is 35.5. The monoisotopic (exact) mass is 276 g/mol. The van der Waals surface area contributed by atoms with Crippen molar-refractivity contribution in [2.45, 2.75) is 25.9 Å². The zero-order chi connectivity index (χ0) is 12.1. The van der Waals surface area contributed by atoms with Gasteiger partial charge in [-0.25, -0.2) is 0 Å². The van der Waals surface area contributed by atoms with Crippen molar-refractivity contribution in [2.75, 3.05) is 6.16 Å². The molecule has 2 rings (SSSR count). The molecule has 0 N–H and O–H groups in total. The van der Waals surface area contributed by atoms with Crippen molar-refractivity contribution in [3.63, 3.8) is 0 Å². The summed E-state index contributed by atoms with van der Waals surface area (Å²) in [6.45, 7) is 6.26. The highest BCUT2D eigenvalue weighted by Crippen LogP contribution is 2.70. The molecular formula is C12H15Cl2OP. The number of hydrogen-bond acceptors (Lipinski definition) is 1. The van der Waals surface area contributed by atoms with Crippen LogP contribution in [0, 0.1) is 5.92 Å². The molecule has 1 heterocycles. The summed E-state index contributed by atoms with van der Waals surface area (Å²) < 4.78 is 12.9. The predicted molar refractivity (Wildman–Crippen MR) is 71.8 cm³/mol. The topological polar surface area (TPSA) is 17.1 Å². The van der Waals surface area contributed by atoms with Crippen molar-refractivity contribution in [3.8, 4) is 0 Å². The average molecular weight is 277 g/mol. The van der Waals surface area contributed by atoms with Crippen molar-refractivity contribution in [1.82, 2.24) is 0 Å². The molecule has 16 heavy (non-hydrogen) atoms. The van der Waals surface area contributed by atoms with E-state index >= 15 is 0 Å². The summed E-state index contributed by atoms with van der Waals surface area (Å²) in [5, 5.41) is 1.77. The number of benzene rings is 1. The van der Waals surface area contributed by atoms with Crippen molar-refractivity contribution >= 4 is 35.6 Å². The maximum absolute atomic E-state index is 12.9. The molecule has 0 radical (unpaired) electrons. The van der Waals surface area contributed by atoms with E-state index in [4.69, 9.17) is 23.2 Å². The standard InChI is InChI=1S/C12H15Cl2OP/c1-8-7-16(15,12(8,2)3)11-5-4-9(13)6-10(11)14/h4-6,8H,7H2,1-3H3/t8-,16+/m1/s1. The molecule has 0 unspecified atom stereocenters.